The molecule has 4 nitrogen and oxygen atoms in total. The molecule has 1 unspecified atom stereocenters. The van der Waals surface area contributed by atoms with Crippen molar-refractivity contribution >= 4 is 11.6 Å². The molecule has 0 bridgehead atoms. The van der Waals surface area contributed by atoms with E-state index in [0.717, 1.165) is 35.6 Å². The van der Waals surface area contributed by atoms with Gasteiger partial charge in [0, 0.05) is 30.2 Å². The zero-order valence-electron chi connectivity index (χ0n) is 10.0. The minimum Gasteiger partial charge on any atom is -0.497 e. The van der Waals surface area contributed by atoms with E-state index < -0.39 is 0 Å². The average molecular weight is 233 g/mol. The van der Waals surface area contributed by atoms with Crippen LogP contribution in [-0.4, -0.2) is 26.2 Å². The lowest BCUT2D eigenvalue weighted by Gasteiger charge is -2.17. The molecular formula is C13H15NO3. The van der Waals surface area contributed by atoms with E-state index in [1.54, 1.807) is 14.2 Å². The van der Waals surface area contributed by atoms with Gasteiger partial charge in [0.15, 0.2) is 0 Å². The van der Waals surface area contributed by atoms with Gasteiger partial charge in [0.1, 0.15) is 11.5 Å². The minimum absolute atomic E-state index is 0.212. The number of nitrogens with zero attached hydrogens (tertiary/aromatic N) is 1. The number of hydrogen-bond acceptors (Lipinski definition) is 3. The van der Waals surface area contributed by atoms with Gasteiger partial charge in [0.25, 0.3) is 0 Å². The molecule has 0 radical (unpaired) electrons. The van der Waals surface area contributed by atoms with Gasteiger partial charge in [0.2, 0.25) is 5.91 Å². The van der Waals surface area contributed by atoms with Crippen molar-refractivity contribution in [3.05, 3.63) is 17.7 Å². The Labute approximate surface area is 100 Å². The number of fused-ring (bicyclic) bond motifs is 3. The standard InChI is InChI=1S/C13H15NO3/c1-16-9-6-11-10(12(7-9)17-2)5-8-3-4-13(15)14(8)11/h6-8H,3-5H2,1-2H3. The van der Waals surface area contributed by atoms with Gasteiger partial charge in [-0.05, 0) is 12.8 Å². The first kappa shape index (κ1) is 10.4. The maximum absolute atomic E-state index is 11.9. The summed E-state index contributed by atoms with van der Waals surface area (Å²) in [6.45, 7) is 0. The Bertz CT molecular complexity index is 484. The van der Waals surface area contributed by atoms with Crippen LogP contribution in [-0.2, 0) is 11.2 Å². The van der Waals surface area contributed by atoms with Crippen molar-refractivity contribution < 1.29 is 14.3 Å². The molecule has 2 heterocycles. The molecule has 0 spiro atoms. The van der Waals surface area contributed by atoms with Crippen LogP contribution in [0.2, 0.25) is 0 Å². The third kappa shape index (κ3) is 1.40. The zero-order chi connectivity index (χ0) is 12.0. The fraction of sp³-hybridized carbons (Fsp3) is 0.462. The van der Waals surface area contributed by atoms with Crippen LogP contribution < -0.4 is 14.4 Å². The molecule has 2 aliphatic rings. The molecule has 1 aromatic rings. The Kier molecular flexibility index (Phi) is 2.24. The van der Waals surface area contributed by atoms with Crippen molar-refractivity contribution in [1.29, 1.82) is 0 Å². The number of carbonyl (C=O) groups is 1. The summed E-state index contributed by atoms with van der Waals surface area (Å²) in [7, 11) is 3.28. The Morgan fingerprint density at radius 1 is 1.29 bits per heavy atom. The molecule has 4 heteroatoms. The molecule has 0 N–H and O–H groups in total. The first-order chi connectivity index (χ1) is 8.24. The molecule has 1 aromatic carbocycles. The van der Waals surface area contributed by atoms with Gasteiger partial charge in [-0.25, -0.2) is 0 Å². The SMILES string of the molecule is COc1cc(OC)c2c(c1)N1C(=O)CCC1C2. The van der Waals surface area contributed by atoms with Gasteiger partial charge < -0.3 is 14.4 Å². The normalized spacial score (nSPS) is 21.4. The highest BCUT2D eigenvalue weighted by atomic mass is 16.5. The first-order valence-electron chi connectivity index (χ1n) is 5.81. The largest absolute Gasteiger partial charge is 0.497 e. The van der Waals surface area contributed by atoms with Gasteiger partial charge in [-0.3, -0.25) is 4.79 Å². The molecule has 90 valence electrons. The molecule has 3 rings (SSSR count). The summed E-state index contributed by atoms with van der Waals surface area (Å²) < 4.78 is 10.6. The van der Waals surface area contributed by atoms with Crippen molar-refractivity contribution in [2.75, 3.05) is 19.1 Å². The summed E-state index contributed by atoms with van der Waals surface area (Å²) in [6, 6.07) is 4.13. The number of benzene rings is 1. The Morgan fingerprint density at radius 2 is 2.12 bits per heavy atom. The van der Waals surface area contributed by atoms with Gasteiger partial charge in [-0.2, -0.15) is 0 Å². The van der Waals surface area contributed by atoms with Crippen LogP contribution in [0.3, 0.4) is 0 Å². The number of hydrogen-bond donors (Lipinski definition) is 0. The van der Waals surface area contributed by atoms with E-state index in [-0.39, 0.29) is 5.91 Å². The highest BCUT2D eigenvalue weighted by Gasteiger charge is 2.40. The minimum atomic E-state index is 0.212. The van der Waals surface area contributed by atoms with E-state index in [9.17, 15) is 4.79 Å². The second-order valence-corrected chi connectivity index (χ2v) is 4.49. The highest BCUT2D eigenvalue weighted by molar-refractivity contribution is 5.99. The van der Waals surface area contributed by atoms with Crippen molar-refractivity contribution in [2.45, 2.75) is 25.3 Å². The summed E-state index contributed by atoms with van der Waals surface area (Å²) in [5, 5.41) is 0. The summed E-state index contributed by atoms with van der Waals surface area (Å²) in [4.78, 5) is 13.8. The molecule has 1 atom stereocenters. The molecule has 17 heavy (non-hydrogen) atoms. The van der Waals surface area contributed by atoms with E-state index >= 15 is 0 Å². The predicted octanol–water partition coefficient (Wildman–Crippen LogP) is 1.76. The maximum atomic E-state index is 11.9. The molecule has 1 fully saturated rings. The number of ether oxygens (including phenoxy) is 2. The van der Waals surface area contributed by atoms with Crippen LogP contribution in [0.1, 0.15) is 18.4 Å². The van der Waals surface area contributed by atoms with Gasteiger partial charge in [0.05, 0.1) is 19.9 Å². The number of methoxy groups -OCH3 is 2. The monoisotopic (exact) mass is 233 g/mol. The van der Waals surface area contributed by atoms with Crippen molar-refractivity contribution in [1.82, 2.24) is 0 Å². The summed E-state index contributed by atoms with van der Waals surface area (Å²) >= 11 is 0. The lowest BCUT2D eigenvalue weighted by Crippen LogP contribution is -2.28. The van der Waals surface area contributed by atoms with Gasteiger partial charge in [-0.15, -0.1) is 0 Å². The van der Waals surface area contributed by atoms with E-state index in [2.05, 4.69) is 0 Å². The van der Waals surface area contributed by atoms with Crippen LogP contribution in [0.5, 0.6) is 11.5 Å². The van der Waals surface area contributed by atoms with Crippen molar-refractivity contribution in [3.8, 4) is 11.5 Å². The molecule has 1 saturated heterocycles. The molecule has 0 saturated carbocycles. The predicted molar refractivity (Wildman–Crippen MR) is 63.8 cm³/mol. The molecule has 1 amide bonds. The van der Waals surface area contributed by atoms with Crippen LogP contribution in [0.15, 0.2) is 12.1 Å². The summed E-state index contributed by atoms with van der Waals surface area (Å²) in [5.41, 5.74) is 2.10. The van der Waals surface area contributed by atoms with Crippen LogP contribution in [0.4, 0.5) is 5.69 Å². The van der Waals surface area contributed by atoms with Crippen molar-refractivity contribution in [3.63, 3.8) is 0 Å². The second-order valence-electron chi connectivity index (χ2n) is 4.49. The number of rotatable bonds is 2. The number of amides is 1. The number of anilines is 1. The van der Waals surface area contributed by atoms with E-state index in [1.165, 1.54) is 0 Å². The lowest BCUT2D eigenvalue weighted by atomic mass is 10.1. The molecule has 0 aromatic heterocycles. The first-order valence-corrected chi connectivity index (χ1v) is 5.81. The fourth-order valence-electron chi connectivity index (χ4n) is 2.83. The second kappa shape index (κ2) is 3.65. The van der Waals surface area contributed by atoms with E-state index in [0.29, 0.717) is 12.5 Å². The van der Waals surface area contributed by atoms with Crippen LogP contribution in [0.25, 0.3) is 0 Å². The lowest BCUT2D eigenvalue weighted by molar-refractivity contribution is -0.117. The Hall–Kier alpha value is -1.71. The van der Waals surface area contributed by atoms with Crippen LogP contribution in [0, 0.1) is 0 Å². The maximum Gasteiger partial charge on any atom is 0.227 e. The zero-order valence-corrected chi connectivity index (χ0v) is 10.0. The van der Waals surface area contributed by atoms with Crippen LogP contribution >= 0.6 is 0 Å². The average Bonchev–Trinajstić information content (AvgIpc) is 2.88. The van der Waals surface area contributed by atoms with E-state index in [4.69, 9.17) is 9.47 Å². The molecule has 0 aliphatic carbocycles. The smallest absolute Gasteiger partial charge is 0.227 e. The topological polar surface area (TPSA) is 38.8 Å². The quantitative estimate of drug-likeness (QED) is 0.781. The van der Waals surface area contributed by atoms with Gasteiger partial charge >= 0.3 is 0 Å². The summed E-state index contributed by atoms with van der Waals surface area (Å²) in [5.74, 6) is 1.77. The number of carbonyl (C=O) groups excluding carboxylic acids is 1. The Balaban J connectivity index is 2.13. The highest BCUT2D eigenvalue weighted by Crippen LogP contribution is 2.45. The Morgan fingerprint density at radius 3 is 2.82 bits per heavy atom. The van der Waals surface area contributed by atoms with E-state index in [1.807, 2.05) is 17.0 Å². The molecular weight excluding hydrogens is 218 g/mol. The van der Waals surface area contributed by atoms with Gasteiger partial charge in [-0.1, -0.05) is 0 Å². The van der Waals surface area contributed by atoms with Crippen molar-refractivity contribution in [2.24, 2.45) is 0 Å². The third-order valence-corrected chi connectivity index (χ3v) is 3.64. The third-order valence-electron chi connectivity index (χ3n) is 3.64. The fourth-order valence-corrected chi connectivity index (χ4v) is 2.83. The molecule has 2 aliphatic heterocycles. The summed E-state index contributed by atoms with van der Waals surface area (Å²) in [6.07, 6.45) is 2.50.